The molecular weight excluding hydrogens is 212 g/mol. The predicted molar refractivity (Wildman–Crippen MR) is 67.0 cm³/mol. The number of benzene rings is 1. The van der Waals surface area contributed by atoms with E-state index in [9.17, 15) is 0 Å². The van der Waals surface area contributed by atoms with Crippen LogP contribution in [0.5, 0.6) is 5.75 Å². The van der Waals surface area contributed by atoms with E-state index in [1.165, 1.54) is 5.56 Å². The van der Waals surface area contributed by atoms with Crippen molar-refractivity contribution in [2.24, 2.45) is 0 Å². The first-order chi connectivity index (χ1) is 8.28. The second-order valence-electron chi connectivity index (χ2n) is 4.15. The maximum absolute atomic E-state index is 5.70. The Morgan fingerprint density at radius 1 is 1.35 bits per heavy atom. The molecule has 0 radical (unpaired) electrons. The van der Waals surface area contributed by atoms with Crippen molar-refractivity contribution in [3.05, 3.63) is 48.5 Å². The van der Waals surface area contributed by atoms with E-state index in [-0.39, 0.29) is 0 Å². The topological polar surface area (TPSA) is 18.0 Å². The summed E-state index contributed by atoms with van der Waals surface area (Å²) in [5, 5.41) is 0. The molecule has 0 bridgehead atoms. The Hall–Kier alpha value is -1.77. The van der Waals surface area contributed by atoms with Crippen molar-refractivity contribution >= 4 is 0 Å². The van der Waals surface area contributed by atoms with Gasteiger partial charge in [-0.2, -0.15) is 0 Å². The number of aromatic nitrogens is 2. The predicted octanol–water partition coefficient (Wildman–Crippen LogP) is 2.18. The van der Waals surface area contributed by atoms with Crippen molar-refractivity contribution in [2.45, 2.75) is 26.9 Å². The SMILES string of the molecule is CCn1cc[n+](CCOc2cccc(C)c2)c1. The summed E-state index contributed by atoms with van der Waals surface area (Å²) in [5.41, 5.74) is 1.23. The maximum Gasteiger partial charge on any atom is 0.243 e. The highest BCUT2D eigenvalue weighted by Crippen LogP contribution is 2.11. The molecule has 1 heterocycles. The molecule has 0 spiro atoms. The number of hydrogen-bond donors (Lipinski definition) is 0. The second-order valence-corrected chi connectivity index (χ2v) is 4.15. The summed E-state index contributed by atoms with van der Waals surface area (Å²) in [6.45, 7) is 6.78. The molecule has 2 aromatic rings. The summed E-state index contributed by atoms with van der Waals surface area (Å²) in [6.07, 6.45) is 6.25. The fourth-order valence-electron chi connectivity index (χ4n) is 1.73. The van der Waals surface area contributed by atoms with E-state index in [0.717, 1.165) is 18.8 Å². The van der Waals surface area contributed by atoms with Crippen LogP contribution < -0.4 is 9.30 Å². The number of aryl methyl sites for hydroxylation is 2. The molecule has 3 heteroatoms. The van der Waals surface area contributed by atoms with E-state index in [0.29, 0.717) is 6.61 Å². The molecule has 0 N–H and O–H groups in total. The van der Waals surface area contributed by atoms with Crippen molar-refractivity contribution in [1.29, 1.82) is 0 Å². The first-order valence-corrected chi connectivity index (χ1v) is 6.02. The van der Waals surface area contributed by atoms with Crippen molar-refractivity contribution in [3.63, 3.8) is 0 Å². The maximum atomic E-state index is 5.70. The van der Waals surface area contributed by atoms with Gasteiger partial charge in [0.05, 0.1) is 6.54 Å². The molecule has 0 saturated carbocycles. The zero-order valence-corrected chi connectivity index (χ0v) is 10.5. The van der Waals surface area contributed by atoms with Gasteiger partial charge in [-0.25, -0.2) is 9.13 Å². The zero-order valence-electron chi connectivity index (χ0n) is 10.5. The summed E-state index contributed by atoms with van der Waals surface area (Å²) in [4.78, 5) is 0. The first kappa shape index (κ1) is 11.7. The molecule has 0 aliphatic rings. The minimum atomic E-state index is 0.696. The molecule has 0 fully saturated rings. The molecule has 17 heavy (non-hydrogen) atoms. The Kier molecular flexibility index (Phi) is 3.81. The van der Waals surface area contributed by atoms with Gasteiger partial charge in [-0.15, -0.1) is 0 Å². The van der Waals surface area contributed by atoms with E-state index >= 15 is 0 Å². The third-order valence-corrected chi connectivity index (χ3v) is 2.72. The highest BCUT2D eigenvalue weighted by atomic mass is 16.5. The van der Waals surface area contributed by atoms with Gasteiger partial charge < -0.3 is 4.74 Å². The zero-order chi connectivity index (χ0) is 12.1. The van der Waals surface area contributed by atoms with Gasteiger partial charge in [0.25, 0.3) is 0 Å². The van der Waals surface area contributed by atoms with Crippen LogP contribution >= 0.6 is 0 Å². The van der Waals surface area contributed by atoms with E-state index in [2.05, 4.69) is 53.8 Å². The van der Waals surface area contributed by atoms with Crippen LogP contribution in [-0.4, -0.2) is 11.2 Å². The van der Waals surface area contributed by atoms with Gasteiger partial charge >= 0.3 is 0 Å². The van der Waals surface area contributed by atoms with Gasteiger partial charge in [-0.1, -0.05) is 12.1 Å². The lowest BCUT2D eigenvalue weighted by atomic mass is 10.2. The van der Waals surface area contributed by atoms with E-state index in [4.69, 9.17) is 4.74 Å². The Morgan fingerprint density at radius 3 is 2.94 bits per heavy atom. The second kappa shape index (κ2) is 5.53. The lowest BCUT2D eigenvalue weighted by Crippen LogP contribution is -2.34. The van der Waals surface area contributed by atoms with Crippen molar-refractivity contribution in [3.8, 4) is 5.75 Å². The Labute approximate surface area is 102 Å². The summed E-state index contributed by atoms with van der Waals surface area (Å²) in [6, 6.07) is 8.14. The van der Waals surface area contributed by atoms with Crippen LogP contribution in [0.3, 0.4) is 0 Å². The molecule has 3 nitrogen and oxygen atoms in total. The van der Waals surface area contributed by atoms with Gasteiger partial charge in [-0.05, 0) is 31.5 Å². The van der Waals surface area contributed by atoms with Crippen LogP contribution in [0.25, 0.3) is 0 Å². The number of nitrogens with zero attached hydrogens (tertiary/aromatic N) is 2. The Morgan fingerprint density at radius 2 is 2.24 bits per heavy atom. The lowest BCUT2D eigenvalue weighted by Gasteiger charge is -2.04. The largest absolute Gasteiger partial charge is 0.489 e. The molecule has 0 saturated heterocycles. The van der Waals surface area contributed by atoms with Gasteiger partial charge in [-0.3, -0.25) is 0 Å². The highest BCUT2D eigenvalue weighted by molar-refractivity contribution is 5.27. The van der Waals surface area contributed by atoms with Crippen molar-refractivity contribution < 1.29 is 9.30 Å². The summed E-state index contributed by atoms with van der Waals surface area (Å²) in [7, 11) is 0. The number of hydrogen-bond acceptors (Lipinski definition) is 1. The van der Waals surface area contributed by atoms with Gasteiger partial charge in [0.15, 0.2) is 0 Å². The van der Waals surface area contributed by atoms with Gasteiger partial charge in [0, 0.05) is 0 Å². The summed E-state index contributed by atoms with van der Waals surface area (Å²) < 4.78 is 9.99. The van der Waals surface area contributed by atoms with E-state index < -0.39 is 0 Å². The summed E-state index contributed by atoms with van der Waals surface area (Å²) in [5.74, 6) is 0.945. The smallest absolute Gasteiger partial charge is 0.243 e. The number of ether oxygens (including phenoxy) is 1. The number of rotatable bonds is 5. The molecule has 1 aromatic heterocycles. The average molecular weight is 231 g/mol. The molecule has 2 rings (SSSR count). The lowest BCUT2D eigenvalue weighted by molar-refractivity contribution is -0.697. The minimum absolute atomic E-state index is 0.696. The van der Waals surface area contributed by atoms with Crippen LogP contribution in [0, 0.1) is 6.92 Å². The standard InChI is InChI=1S/C14H19N2O/c1-3-15-7-8-16(12-15)9-10-17-14-6-4-5-13(2)11-14/h4-8,11-12H,3,9-10H2,1-2H3/q+1. The van der Waals surface area contributed by atoms with Crippen molar-refractivity contribution in [1.82, 2.24) is 4.57 Å². The molecule has 0 atom stereocenters. The Balaban J connectivity index is 1.83. The fourth-order valence-corrected chi connectivity index (χ4v) is 1.73. The summed E-state index contributed by atoms with van der Waals surface area (Å²) >= 11 is 0. The number of imidazole rings is 1. The van der Waals surface area contributed by atoms with Crippen LogP contribution in [0.15, 0.2) is 43.0 Å². The normalized spacial score (nSPS) is 10.5. The third kappa shape index (κ3) is 3.34. The van der Waals surface area contributed by atoms with Gasteiger partial charge in [0.1, 0.15) is 31.3 Å². The van der Waals surface area contributed by atoms with Gasteiger partial charge in [0.2, 0.25) is 6.33 Å². The van der Waals surface area contributed by atoms with Crippen LogP contribution in [0.1, 0.15) is 12.5 Å². The third-order valence-electron chi connectivity index (χ3n) is 2.72. The minimum Gasteiger partial charge on any atom is -0.489 e. The highest BCUT2D eigenvalue weighted by Gasteiger charge is 2.01. The molecule has 0 unspecified atom stereocenters. The van der Waals surface area contributed by atoms with Crippen LogP contribution in [0.2, 0.25) is 0 Å². The van der Waals surface area contributed by atoms with E-state index in [1.807, 2.05) is 12.1 Å². The monoisotopic (exact) mass is 231 g/mol. The molecule has 1 aromatic carbocycles. The van der Waals surface area contributed by atoms with Crippen LogP contribution in [-0.2, 0) is 13.1 Å². The quantitative estimate of drug-likeness (QED) is 0.721. The van der Waals surface area contributed by atoms with Crippen molar-refractivity contribution in [2.75, 3.05) is 6.61 Å². The van der Waals surface area contributed by atoms with E-state index in [1.54, 1.807) is 0 Å². The molecule has 0 aliphatic heterocycles. The first-order valence-electron chi connectivity index (χ1n) is 6.02. The molecule has 0 aliphatic carbocycles. The van der Waals surface area contributed by atoms with Crippen LogP contribution in [0.4, 0.5) is 0 Å². The fraction of sp³-hybridized carbons (Fsp3) is 0.357. The molecule has 0 amide bonds. The average Bonchev–Trinajstić information content (AvgIpc) is 2.77. The molecule has 90 valence electrons. The molecular formula is C14H19N2O+. The Bertz CT molecular complexity index is 477.